The zero-order valence-corrected chi connectivity index (χ0v) is 12.0. The highest BCUT2D eigenvalue weighted by atomic mass is 35.5. The zero-order chi connectivity index (χ0) is 15.4. The first-order valence-electron chi connectivity index (χ1n) is 6.15. The molecule has 0 saturated heterocycles. The van der Waals surface area contributed by atoms with E-state index in [1.54, 1.807) is 18.2 Å². The Morgan fingerprint density at radius 1 is 1.29 bits per heavy atom. The van der Waals surface area contributed by atoms with Crippen LogP contribution in [0.5, 0.6) is 0 Å². The van der Waals surface area contributed by atoms with E-state index < -0.39 is 4.92 Å². The topological polar surface area (TPSA) is 70.2 Å². The minimum atomic E-state index is -0.543. The Balaban J connectivity index is 2.25. The van der Waals surface area contributed by atoms with E-state index in [9.17, 15) is 10.1 Å². The molecule has 2 aromatic carbocycles. The summed E-state index contributed by atoms with van der Waals surface area (Å²) in [6, 6.07) is 13.8. The molecule has 0 aliphatic heterocycles. The van der Waals surface area contributed by atoms with Crippen molar-refractivity contribution in [3.05, 3.63) is 68.7 Å². The number of halogens is 1. The van der Waals surface area contributed by atoms with Gasteiger partial charge in [0.05, 0.1) is 4.92 Å². The number of nitriles is 1. The van der Waals surface area contributed by atoms with Crippen LogP contribution in [0.4, 0.5) is 11.4 Å². The molecule has 0 atom stereocenters. The fourth-order valence-electron chi connectivity index (χ4n) is 1.96. The Hall–Kier alpha value is -2.58. The molecule has 2 rings (SSSR count). The SMILES string of the molecule is CN(Cc1ccc(Cl)cc1)c1ccc(C#N)c([N+](=O)[O-])c1. The summed E-state index contributed by atoms with van der Waals surface area (Å²) in [4.78, 5) is 12.3. The van der Waals surface area contributed by atoms with Gasteiger partial charge >= 0.3 is 0 Å². The number of nitrogens with zero attached hydrogens (tertiary/aromatic N) is 3. The van der Waals surface area contributed by atoms with Crippen LogP contribution in [0, 0.1) is 21.4 Å². The van der Waals surface area contributed by atoms with Crippen LogP contribution in [-0.4, -0.2) is 12.0 Å². The van der Waals surface area contributed by atoms with Crippen LogP contribution in [0.2, 0.25) is 5.02 Å². The highest BCUT2D eigenvalue weighted by Crippen LogP contribution is 2.25. The molecule has 0 radical (unpaired) electrons. The van der Waals surface area contributed by atoms with Crippen LogP contribution in [0.1, 0.15) is 11.1 Å². The maximum Gasteiger partial charge on any atom is 0.289 e. The molecule has 0 heterocycles. The maximum absolute atomic E-state index is 11.0. The smallest absolute Gasteiger partial charge is 0.289 e. The molecule has 0 spiro atoms. The Morgan fingerprint density at radius 2 is 1.95 bits per heavy atom. The molecule has 0 unspecified atom stereocenters. The van der Waals surface area contributed by atoms with Crippen LogP contribution in [0.25, 0.3) is 0 Å². The fourth-order valence-corrected chi connectivity index (χ4v) is 2.08. The summed E-state index contributed by atoms with van der Waals surface area (Å²) >= 11 is 5.84. The van der Waals surface area contributed by atoms with Crippen molar-refractivity contribution >= 4 is 23.0 Å². The molecular weight excluding hydrogens is 290 g/mol. The Kier molecular flexibility index (Phi) is 4.41. The predicted octanol–water partition coefficient (Wildman–Crippen LogP) is 3.76. The van der Waals surface area contributed by atoms with Crippen LogP contribution in [-0.2, 0) is 6.54 Å². The summed E-state index contributed by atoms with van der Waals surface area (Å²) in [5.41, 5.74) is 1.59. The molecule has 0 saturated carbocycles. The number of anilines is 1. The highest BCUT2D eigenvalue weighted by molar-refractivity contribution is 6.30. The molecule has 21 heavy (non-hydrogen) atoms. The van der Waals surface area contributed by atoms with Gasteiger partial charge in [-0.15, -0.1) is 0 Å². The second-order valence-corrected chi connectivity index (χ2v) is 4.99. The van der Waals surface area contributed by atoms with Crippen molar-refractivity contribution in [2.45, 2.75) is 6.54 Å². The van der Waals surface area contributed by atoms with Crippen LogP contribution >= 0.6 is 11.6 Å². The van der Waals surface area contributed by atoms with Gasteiger partial charge in [-0.2, -0.15) is 5.26 Å². The molecule has 0 aromatic heterocycles. The van der Waals surface area contributed by atoms with E-state index in [0.717, 1.165) is 5.56 Å². The van der Waals surface area contributed by atoms with Crippen molar-refractivity contribution in [1.29, 1.82) is 5.26 Å². The molecule has 0 amide bonds. The van der Waals surface area contributed by atoms with E-state index in [1.165, 1.54) is 12.1 Å². The standard InChI is InChI=1S/C15H12ClN3O2/c1-18(10-11-2-5-13(16)6-3-11)14-7-4-12(9-17)15(8-14)19(20)21/h2-8H,10H2,1H3. The lowest BCUT2D eigenvalue weighted by molar-refractivity contribution is -0.385. The van der Waals surface area contributed by atoms with Gasteiger partial charge in [0.2, 0.25) is 0 Å². The molecule has 2 aromatic rings. The maximum atomic E-state index is 11.0. The van der Waals surface area contributed by atoms with E-state index >= 15 is 0 Å². The summed E-state index contributed by atoms with van der Waals surface area (Å²) in [6.45, 7) is 0.584. The van der Waals surface area contributed by atoms with Crippen LogP contribution < -0.4 is 4.90 Å². The highest BCUT2D eigenvalue weighted by Gasteiger charge is 2.15. The molecule has 5 nitrogen and oxygen atoms in total. The monoisotopic (exact) mass is 301 g/mol. The molecule has 0 fully saturated rings. The molecular formula is C15H12ClN3O2. The summed E-state index contributed by atoms with van der Waals surface area (Å²) in [5.74, 6) is 0. The second-order valence-electron chi connectivity index (χ2n) is 4.55. The largest absolute Gasteiger partial charge is 0.370 e. The Morgan fingerprint density at radius 3 is 2.52 bits per heavy atom. The van der Waals surface area contributed by atoms with E-state index in [1.807, 2.05) is 30.1 Å². The first kappa shape index (κ1) is 14.8. The van der Waals surface area contributed by atoms with Crippen LogP contribution in [0.15, 0.2) is 42.5 Å². The number of hydrogen-bond acceptors (Lipinski definition) is 4. The summed E-state index contributed by atoms with van der Waals surface area (Å²) in [7, 11) is 1.83. The molecule has 0 bridgehead atoms. The van der Waals surface area contributed by atoms with Gasteiger partial charge in [-0.05, 0) is 29.8 Å². The average molecular weight is 302 g/mol. The van der Waals surface area contributed by atoms with Gasteiger partial charge in [0.15, 0.2) is 0 Å². The normalized spacial score (nSPS) is 9.95. The average Bonchev–Trinajstić information content (AvgIpc) is 2.48. The third-order valence-electron chi connectivity index (χ3n) is 3.07. The van der Waals surface area contributed by atoms with Gasteiger partial charge in [0, 0.05) is 30.4 Å². The second kappa shape index (κ2) is 6.25. The quantitative estimate of drug-likeness (QED) is 0.637. The summed E-state index contributed by atoms with van der Waals surface area (Å²) in [5, 5.41) is 20.5. The molecule has 106 valence electrons. The van der Waals surface area contributed by atoms with Crippen molar-refractivity contribution in [3.8, 4) is 6.07 Å². The van der Waals surface area contributed by atoms with Crippen molar-refractivity contribution in [1.82, 2.24) is 0 Å². The first-order valence-corrected chi connectivity index (χ1v) is 6.53. The van der Waals surface area contributed by atoms with Crippen molar-refractivity contribution in [2.75, 3.05) is 11.9 Å². The van der Waals surface area contributed by atoms with Crippen molar-refractivity contribution < 1.29 is 4.92 Å². The Labute approximate surface area is 127 Å². The molecule has 6 heteroatoms. The van der Waals surface area contributed by atoms with Gasteiger partial charge in [0.25, 0.3) is 5.69 Å². The lowest BCUT2D eigenvalue weighted by Crippen LogP contribution is -2.16. The molecule has 0 aliphatic rings. The van der Waals surface area contributed by atoms with E-state index in [2.05, 4.69) is 0 Å². The van der Waals surface area contributed by atoms with Gasteiger partial charge in [-0.1, -0.05) is 23.7 Å². The van der Waals surface area contributed by atoms with Crippen molar-refractivity contribution in [2.24, 2.45) is 0 Å². The number of nitro groups is 1. The summed E-state index contributed by atoms with van der Waals surface area (Å²) in [6.07, 6.45) is 0. The van der Waals surface area contributed by atoms with E-state index in [0.29, 0.717) is 17.3 Å². The predicted molar refractivity (Wildman–Crippen MR) is 81.4 cm³/mol. The Bertz CT molecular complexity index is 708. The fraction of sp³-hybridized carbons (Fsp3) is 0.133. The summed E-state index contributed by atoms with van der Waals surface area (Å²) < 4.78 is 0. The first-order chi connectivity index (χ1) is 10.0. The number of hydrogen-bond donors (Lipinski definition) is 0. The van der Waals surface area contributed by atoms with E-state index in [-0.39, 0.29) is 11.3 Å². The van der Waals surface area contributed by atoms with Crippen LogP contribution in [0.3, 0.4) is 0 Å². The molecule has 0 aliphatic carbocycles. The minimum Gasteiger partial charge on any atom is -0.370 e. The number of nitro benzene ring substituents is 1. The molecule has 0 N–H and O–H groups in total. The zero-order valence-electron chi connectivity index (χ0n) is 11.3. The third-order valence-corrected chi connectivity index (χ3v) is 3.32. The van der Waals surface area contributed by atoms with Gasteiger partial charge in [-0.25, -0.2) is 0 Å². The minimum absolute atomic E-state index is 0.0589. The lowest BCUT2D eigenvalue weighted by Gasteiger charge is -2.19. The van der Waals surface area contributed by atoms with Gasteiger partial charge in [-0.3, -0.25) is 10.1 Å². The number of rotatable bonds is 4. The van der Waals surface area contributed by atoms with Crippen molar-refractivity contribution in [3.63, 3.8) is 0 Å². The third kappa shape index (κ3) is 3.50. The number of benzene rings is 2. The lowest BCUT2D eigenvalue weighted by atomic mass is 10.1. The van der Waals surface area contributed by atoms with Gasteiger partial charge < -0.3 is 4.90 Å². The van der Waals surface area contributed by atoms with E-state index in [4.69, 9.17) is 16.9 Å². The van der Waals surface area contributed by atoms with Gasteiger partial charge in [0.1, 0.15) is 11.6 Å².